The standard InChI is InChI=1S/C15H13F3N2O2S/c16-15(17,18)11-4-2-1-3-10(11)13-7-20(5-6-22-13)14(21)12-8-23-9-19-12/h1-4,8-9,13H,5-7H2. The van der Waals surface area contributed by atoms with Gasteiger partial charge in [0.1, 0.15) is 11.8 Å². The molecule has 1 unspecified atom stereocenters. The second-order valence-corrected chi connectivity index (χ2v) is 5.79. The van der Waals surface area contributed by atoms with Crippen LogP contribution in [-0.2, 0) is 10.9 Å². The predicted octanol–water partition coefficient (Wildman–Crippen LogP) is 3.38. The van der Waals surface area contributed by atoms with Gasteiger partial charge >= 0.3 is 6.18 Å². The largest absolute Gasteiger partial charge is 0.416 e. The molecular weight excluding hydrogens is 329 g/mol. The van der Waals surface area contributed by atoms with Crippen molar-refractivity contribution in [1.82, 2.24) is 9.88 Å². The zero-order chi connectivity index (χ0) is 16.4. The number of hydrogen-bond acceptors (Lipinski definition) is 4. The van der Waals surface area contributed by atoms with E-state index in [2.05, 4.69) is 4.98 Å². The van der Waals surface area contributed by atoms with E-state index in [1.54, 1.807) is 10.9 Å². The van der Waals surface area contributed by atoms with Crippen LogP contribution in [0.1, 0.15) is 27.7 Å². The van der Waals surface area contributed by atoms with Crippen molar-refractivity contribution < 1.29 is 22.7 Å². The molecular formula is C15H13F3N2O2S. The van der Waals surface area contributed by atoms with Gasteiger partial charge in [-0.05, 0) is 11.6 Å². The Morgan fingerprint density at radius 2 is 2.13 bits per heavy atom. The van der Waals surface area contributed by atoms with Crippen molar-refractivity contribution in [1.29, 1.82) is 0 Å². The molecule has 1 aliphatic rings. The van der Waals surface area contributed by atoms with E-state index in [0.717, 1.165) is 6.07 Å². The van der Waals surface area contributed by atoms with Gasteiger partial charge in [-0.1, -0.05) is 18.2 Å². The van der Waals surface area contributed by atoms with Gasteiger partial charge in [0.2, 0.25) is 0 Å². The highest BCUT2D eigenvalue weighted by atomic mass is 32.1. The molecule has 1 aromatic carbocycles. The van der Waals surface area contributed by atoms with Gasteiger partial charge in [-0.3, -0.25) is 4.79 Å². The maximum Gasteiger partial charge on any atom is 0.416 e. The van der Waals surface area contributed by atoms with E-state index in [1.807, 2.05) is 0 Å². The van der Waals surface area contributed by atoms with E-state index in [1.165, 1.54) is 34.4 Å². The average molecular weight is 342 g/mol. The molecule has 1 aliphatic heterocycles. The molecule has 8 heteroatoms. The number of ether oxygens (including phenoxy) is 1. The van der Waals surface area contributed by atoms with Crippen molar-refractivity contribution in [3.05, 3.63) is 52.0 Å². The van der Waals surface area contributed by atoms with E-state index >= 15 is 0 Å². The lowest BCUT2D eigenvalue weighted by Crippen LogP contribution is -2.42. The van der Waals surface area contributed by atoms with E-state index in [9.17, 15) is 18.0 Å². The molecule has 0 N–H and O–H groups in total. The van der Waals surface area contributed by atoms with E-state index in [0.29, 0.717) is 12.2 Å². The molecule has 0 spiro atoms. The maximum atomic E-state index is 13.1. The summed E-state index contributed by atoms with van der Waals surface area (Å²) >= 11 is 1.30. The first-order chi connectivity index (χ1) is 11.0. The van der Waals surface area contributed by atoms with Gasteiger partial charge in [-0.25, -0.2) is 4.98 Å². The molecule has 122 valence electrons. The summed E-state index contributed by atoms with van der Waals surface area (Å²) in [6, 6.07) is 5.30. The van der Waals surface area contributed by atoms with Crippen LogP contribution in [0.25, 0.3) is 0 Å². The van der Waals surface area contributed by atoms with E-state index < -0.39 is 17.8 Å². The second-order valence-electron chi connectivity index (χ2n) is 5.07. The molecule has 1 saturated heterocycles. The Morgan fingerprint density at radius 1 is 1.35 bits per heavy atom. The summed E-state index contributed by atoms with van der Waals surface area (Å²) in [5.74, 6) is -0.288. The van der Waals surface area contributed by atoms with Gasteiger partial charge in [0, 0.05) is 11.9 Å². The predicted molar refractivity (Wildman–Crippen MR) is 78.2 cm³/mol. The molecule has 4 nitrogen and oxygen atoms in total. The SMILES string of the molecule is O=C(c1cscn1)N1CCOC(c2ccccc2C(F)(F)F)C1. The summed E-state index contributed by atoms with van der Waals surface area (Å²) < 4.78 is 44.9. The fraction of sp³-hybridized carbons (Fsp3) is 0.333. The van der Waals surface area contributed by atoms with Crippen LogP contribution in [0, 0.1) is 0 Å². The summed E-state index contributed by atoms with van der Waals surface area (Å²) in [4.78, 5) is 17.7. The van der Waals surface area contributed by atoms with Gasteiger partial charge in [-0.2, -0.15) is 13.2 Å². The Balaban J connectivity index is 1.84. The number of nitrogens with zero attached hydrogens (tertiary/aromatic N) is 2. The lowest BCUT2D eigenvalue weighted by atomic mass is 10.0. The molecule has 2 aromatic rings. The second kappa shape index (κ2) is 6.29. The van der Waals surface area contributed by atoms with Crippen LogP contribution < -0.4 is 0 Å². The number of rotatable bonds is 2. The molecule has 1 amide bonds. The molecule has 1 atom stereocenters. The van der Waals surface area contributed by atoms with Crippen molar-refractivity contribution in [2.24, 2.45) is 0 Å². The number of benzene rings is 1. The van der Waals surface area contributed by atoms with Gasteiger partial charge in [-0.15, -0.1) is 11.3 Å². The molecule has 1 fully saturated rings. The lowest BCUT2D eigenvalue weighted by Gasteiger charge is -2.33. The van der Waals surface area contributed by atoms with Crippen LogP contribution in [0.3, 0.4) is 0 Å². The molecule has 0 saturated carbocycles. The Kier molecular flexibility index (Phi) is 4.36. The molecule has 2 heterocycles. The number of carbonyl (C=O) groups is 1. The van der Waals surface area contributed by atoms with Crippen molar-refractivity contribution in [2.75, 3.05) is 19.7 Å². The first kappa shape index (κ1) is 15.9. The van der Waals surface area contributed by atoms with Crippen LogP contribution in [0.15, 0.2) is 35.2 Å². The Morgan fingerprint density at radius 3 is 2.83 bits per heavy atom. The van der Waals surface area contributed by atoms with Crippen LogP contribution in [0.4, 0.5) is 13.2 Å². The number of halogens is 3. The van der Waals surface area contributed by atoms with Crippen molar-refractivity contribution >= 4 is 17.2 Å². The third kappa shape index (κ3) is 3.37. The van der Waals surface area contributed by atoms with Crippen LogP contribution >= 0.6 is 11.3 Å². The number of thiazole rings is 1. The Hall–Kier alpha value is -1.93. The van der Waals surface area contributed by atoms with Crippen molar-refractivity contribution in [2.45, 2.75) is 12.3 Å². The highest BCUT2D eigenvalue weighted by molar-refractivity contribution is 7.07. The molecule has 0 bridgehead atoms. The number of morpholine rings is 1. The van der Waals surface area contributed by atoms with Crippen molar-refractivity contribution in [3.63, 3.8) is 0 Å². The van der Waals surface area contributed by atoms with Crippen LogP contribution in [0.2, 0.25) is 0 Å². The number of amides is 1. The van der Waals surface area contributed by atoms with E-state index in [-0.39, 0.29) is 24.6 Å². The zero-order valence-electron chi connectivity index (χ0n) is 11.9. The average Bonchev–Trinajstić information content (AvgIpc) is 3.08. The summed E-state index contributed by atoms with van der Waals surface area (Å²) in [5, 5.41) is 1.62. The Bertz CT molecular complexity index is 688. The fourth-order valence-corrected chi connectivity index (χ4v) is 3.06. The quantitative estimate of drug-likeness (QED) is 0.840. The minimum atomic E-state index is -4.46. The summed E-state index contributed by atoms with van der Waals surface area (Å²) in [5.41, 5.74) is 1.17. The van der Waals surface area contributed by atoms with Crippen molar-refractivity contribution in [3.8, 4) is 0 Å². The molecule has 0 aliphatic carbocycles. The first-order valence-electron chi connectivity index (χ1n) is 6.92. The highest BCUT2D eigenvalue weighted by Crippen LogP contribution is 2.36. The highest BCUT2D eigenvalue weighted by Gasteiger charge is 2.37. The molecule has 23 heavy (non-hydrogen) atoms. The number of hydrogen-bond donors (Lipinski definition) is 0. The first-order valence-corrected chi connectivity index (χ1v) is 7.86. The Labute approximate surface area is 134 Å². The number of carbonyl (C=O) groups excluding carboxylic acids is 1. The normalized spacial score (nSPS) is 18.9. The topological polar surface area (TPSA) is 42.4 Å². The van der Waals surface area contributed by atoms with E-state index in [4.69, 9.17) is 4.74 Å². The summed E-state index contributed by atoms with van der Waals surface area (Å²) in [7, 11) is 0. The van der Waals surface area contributed by atoms with Gasteiger partial charge < -0.3 is 9.64 Å². The minimum Gasteiger partial charge on any atom is -0.370 e. The number of aromatic nitrogens is 1. The fourth-order valence-electron chi connectivity index (χ4n) is 2.54. The van der Waals surface area contributed by atoms with Crippen LogP contribution in [0.5, 0.6) is 0 Å². The summed E-state index contributed by atoms with van der Waals surface area (Å²) in [6.45, 7) is 0.594. The smallest absolute Gasteiger partial charge is 0.370 e. The summed E-state index contributed by atoms with van der Waals surface area (Å²) in [6.07, 6.45) is -5.26. The molecule has 0 radical (unpaired) electrons. The van der Waals surface area contributed by atoms with Gasteiger partial charge in [0.25, 0.3) is 5.91 Å². The number of alkyl halides is 3. The third-order valence-corrected chi connectivity index (χ3v) is 4.20. The maximum absolute atomic E-state index is 13.1. The molecule has 1 aromatic heterocycles. The van der Waals surface area contributed by atoms with Crippen LogP contribution in [-0.4, -0.2) is 35.5 Å². The van der Waals surface area contributed by atoms with Gasteiger partial charge in [0.15, 0.2) is 0 Å². The monoisotopic (exact) mass is 342 g/mol. The minimum absolute atomic E-state index is 0.0516. The lowest BCUT2D eigenvalue weighted by molar-refractivity contribution is -0.140. The third-order valence-electron chi connectivity index (χ3n) is 3.62. The van der Waals surface area contributed by atoms with Gasteiger partial charge in [0.05, 0.1) is 24.2 Å². The zero-order valence-corrected chi connectivity index (χ0v) is 12.7. The molecule has 3 rings (SSSR count).